The highest BCUT2D eigenvalue weighted by atomic mass is 16.2. The van der Waals surface area contributed by atoms with Gasteiger partial charge in [-0.25, -0.2) is 10.2 Å². The summed E-state index contributed by atoms with van der Waals surface area (Å²) in [5.74, 6) is 0.414. The molecule has 0 bridgehead atoms. The highest BCUT2D eigenvalue weighted by molar-refractivity contribution is 6.07. The van der Waals surface area contributed by atoms with Crippen molar-refractivity contribution in [1.82, 2.24) is 18.7 Å². The molecule has 1 N–H and O–H groups in total. The Labute approximate surface area is 200 Å². The fourth-order valence-electron chi connectivity index (χ4n) is 4.67. The molecule has 5 aromatic rings. The zero-order valence-corrected chi connectivity index (χ0v) is 19.2. The van der Waals surface area contributed by atoms with Crippen molar-refractivity contribution in [2.45, 2.75) is 6.04 Å². The van der Waals surface area contributed by atoms with Crippen LogP contribution < -0.4 is 16.7 Å². The Hall–Kier alpha value is -4.72. The molecule has 2 aromatic heterocycles. The fourth-order valence-corrected chi connectivity index (χ4v) is 4.67. The molecule has 1 aliphatic rings. The number of nitrogens with zero attached hydrogens (tertiary/aromatic N) is 5. The summed E-state index contributed by atoms with van der Waals surface area (Å²) in [6, 6.07) is 27.9. The van der Waals surface area contributed by atoms with Gasteiger partial charge in [0.2, 0.25) is 5.95 Å². The van der Waals surface area contributed by atoms with Crippen molar-refractivity contribution >= 4 is 22.8 Å². The van der Waals surface area contributed by atoms with Gasteiger partial charge in [0, 0.05) is 19.7 Å². The molecule has 0 fully saturated rings. The number of rotatable bonds is 3. The molecule has 0 spiro atoms. The van der Waals surface area contributed by atoms with Crippen LogP contribution in [0.4, 0.5) is 5.95 Å². The summed E-state index contributed by atoms with van der Waals surface area (Å²) >= 11 is 0. The zero-order chi connectivity index (χ0) is 24.1. The third-order valence-corrected chi connectivity index (χ3v) is 6.49. The lowest BCUT2D eigenvalue weighted by Crippen LogP contribution is -2.38. The summed E-state index contributed by atoms with van der Waals surface area (Å²) in [6.45, 7) is 0. The van der Waals surface area contributed by atoms with Crippen LogP contribution in [0.25, 0.3) is 22.3 Å². The molecule has 172 valence electrons. The van der Waals surface area contributed by atoms with Crippen LogP contribution >= 0.6 is 0 Å². The van der Waals surface area contributed by atoms with Crippen molar-refractivity contribution in [2.24, 2.45) is 19.2 Å². The lowest BCUT2D eigenvalue weighted by Gasteiger charge is -2.27. The second-order valence-corrected chi connectivity index (χ2v) is 8.55. The summed E-state index contributed by atoms with van der Waals surface area (Å²) in [5, 5.41) is 4.69. The maximum absolute atomic E-state index is 13.3. The van der Waals surface area contributed by atoms with E-state index in [0.29, 0.717) is 17.1 Å². The van der Waals surface area contributed by atoms with Crippen LogP contribution in [0.15, 0.2) is 99.6 Å². The van der Waals surface area contributed by atoms with Gasteiger partial charge in [-0.1, -0.05) is 84.9 Å². The highest BCUT2D eigenvalue weighted by Gasteiger charge is 2.32. The largest absolute Gasteiger partial charge is 0.332 e. The number of benzene rings is 3. The average molecular weight is 463 g/mol. The number of hydrazone groups is 1. The van der Waals surface area contributed by atoms with Crippen LogP contribution in [0.3, 0.4) is 0 Å². The molecule has 3 heterocycles. The first-order chi connectivity index (χ1) is 17.0. The lowest BCUT2D eigenvalue weighted by molar-refractivity contribution is 0.693. The Balaban J connectivity index is 1.56. The molecule has 35 heavy (non-hydrogen) atoms. The van der Waals surface area contributed by atoms with Crippen LogP contribution in [0.2, 0.25) is 0 Å². The topological polar surface area (TPSA) is 86.2 Å². The van der Waals surface area contributed by atoms with E-state index in [1.54, 1.807) is 7.05 Å². The van der Waals surface area contributed by atoms with Gasteiger partial charge in [-0.2, -0.15) is 10.1 Å². The van der Waals surface area contributed by atoms with Crippen molar-refractivity contribution in [3.8, 4) is 11.1 Å². The van der Waals surface area contributed by atoms with E-state index in [-0.39, 0.29) is 0 Å². The molecule has 0 saturated heterocycles. The number of anilines is 1. The van der Waals surface area contributed by atoms with Gasteiger partial charge >= 0.3 is 5.69 Å². The van der Waals surface area contributed by atoms with Crippen molar-refractivity contribution in [3.05, 3.63) is 117 Å². The Morgan fingerprint density at radius 3 is 2.03 bits per heavy atom. The lowest BCUT2D eigenvalue weighted by atomic mass is 9.94. The summed E-state index contributed by atoms with van der Waals surface area (Å²) in [6.07, 6.45) is 0. The predicted octanol–water partition coefficient (Wildman–Crippen LogP) is 3.52. The number of aromatic nitrogens is 4. The first kappa shape index (κ1) is 20.9. The minimum absolute atomic E-state index is 0.317. The molecular formula is C27H22N6O2. The second kappa shape index (κ2) is 7.95. The van der Waals surface area contributed by atoms with Crippen LogP contribution in [-0.4, -0.2) is 24.4 Å². The zero-order valence-electron chi connectivity index (χ0n) is 19.2. The van der Waals surface area contributed by atoms with Crippen LogP contribution in [0.5, 0.6) is 0 Å². The molecule has 0 aliphatic carbocycles. The number of fused-ring (bicyclic) bond motifs is 3. The standard InChI is InChI=1S/C27H22N6O2/c1-31-24-23(25(34)32(2)27(31)35)33-22(20-11-7-4-8-12-20)21(29-30-26(33)28-24)19-15-13-18(14-16-19)17-9-5-3-6-10-17/h3-16,22H,1-2H3,(H,28,30). The molecule has 1 atom stereocenters. The summed E-state index contributed by atoms with van der Waals surface area (Å²) in [5.41, 5.74) is 7.72. The molecule has 0 amide bonds. The Morgan fingerprint density at radius 1 is 0.743 bits per heavy atom. The van der Waals surface area contributed by atoms with E-state index in [1.165, 1.54) is 11.6 Å². The quantitative estimate of drug-likeness (QED) is 0.445. The number of hydrogen-bond donors (Lipinski definition) is 1. The van der Waals surface area contributed by atoms with Crippen LogP contribution in [-0.2, 0) is 14.1 Å². The van der Waals surface area contributed by atoms with E-state index in [2.05, 4.69) is 39.8 Å². The van der Waals surface area contributed by atoms with Gasteiger partial charge < -0.3 is 0 Å². The Bertz CT molecular complexity index is 1710. The van der Waals surface area contributed by atoms with Gasteiger partial charge in [0.1, 0.15) is 6.04 Å². The smallest absolute Gasteiger partial charge is 0.289 e. The van der Waals surface area contributed by atoms with E-state index in [9.17, 15) is 9.59 Å². The maximum Gasteiger partial charge on any atom is 0.332 e. The second-order valence-electron chi connectivity index (χ2n) is 8.55. The van der Waals surface area contributed by atoms with Crippen LogP contribution in [0, 0.1) is 0 Å². The number of hydrogen-bond acceptors (Lipinski definition) is 5. The predicted molar refractivity (Wildman–Crippen MR) is 137 cm³/mol. The van der Waals surface area contributed by atoms with E-state index in [0.717, 1.165) is 32.5 Å². The fraction of sp³-hybridized carbons (Fsp3) is 0.111. The first-order valence-electron chi connectivity index (χ1n) is 11.3. The molecule has 0 saturated carbocycles. The molecule has 1 aliphatic heterocycles. The minimum Gasteiger partial charge on any atom is -0.289 e. The SMILES string of the molecule is Cn1c(=O)c2c(nc3n2C(c2ccccc2)C(c2ccc(-c4ccccc4)cc2)=NN3)n(C)c1=O. The van der Waals surface area contributed by atoms with Gasteiger partial charge in [-0.3, -0.25) is 18.5 Å². The van der Waals surface area contributed by atoms with Crippen molar-refractivity contribution < 1.29 is 0 Å². The van der Waals surface area contributed by atoms with Gasteiger partial charge in [-0.15, -0.1) is 0 Å². The van der Waals surface area contributed by atoms with Crippen LogP contribution in [0.1, 0.15) is 17.2 Å². The minimum atomic E-state index is -0.424. The average Bonchev–Trinajstić information content (AvgIpc) is 3.31. The number of imidazole rings is 1. The number of aryl methyl sites for hydroxylation is 1. The molecule has 0 radical (unpaired) electrons. The molecule has 8 heteroatoms. The van der Waals surface area contributed by atoms with E-state index in [4.69, 9.17) is 0 Å². The molecule has 6 rings (SSSR count). The normalized spacial score (nSPS) is 14.9. The van der Waals surface area contributed by atoms with Crippen molar-refractivity contribution in [2.75, 3.05) is 5.43 Å². The van der Waals surface area contributed by atoms with Gasteiger partial charge in [0.25, 0.3) is 5.56 Å². The first-order valence-corrected chi connectivity index (χ1v) is 11.3. The molecule has 8 nitrogen and oxygen atoms in total. The van der Waals surface area contributed by atoms with Crippen molar-refractivity contribution in [3.63, 3.8) is 0 Å². The van der Waals surface area contributed by atoms with E-state index >= 15 is 0 Å². The summed E-state index contributed by atoms with van der Waals surface area (Å²) in [4.78, 5) is 30.4. The van der Waals surface area contributed by atoms with Gasteiger partial charge in [-0.05, 0) is 16.7 Å². The van der Waals surface area contributed by atoms with E-state index < -0.39 is 17.3 Å². The van der Waals surface area contributed by atoms with Gasteiger partial charge in [0.05, 0.1) is 5.71 Å². The summed E-state index contributed by atoms with van der Waals surface area (Å²) < 4.78 is 4.35. The maximum atomic E-state index is 13.3. The third kappa shape index (κ3) is 3.22. The van der Waals surface area contributed by atoms with Gasteiger partial charge in [0.15, 0.2) is 11.2 Å². The Morgan fingerprint density at radius 2 is 1.34 bits per heavy atom. The monoisotopic (exact) mass is 462 g/mol. The molecule has 3 aromatic carbocycles. The molecular weight excluding hydrogens is 440 g/mol. The number of nitrogens with one attached hydrogen (secondary N) is 1. The highest BCUT2D eigenvalue weighted by Crippen LogP contribution is 2.34. The third-order valence-electron chi connectivity index (χ3n) is 6.49. The molecule has 1 unspecified atom stereocenters. The summed E-state index contributed by atoms with van der Waals surface area (Å²) in [7, 11) is 3.10. The van der Waals surface area contributed by atoms with Crippen molar-refractivity contribution in [1.29, 1.82) is 0 Å². The Kier molecular flexibility index (Phi) is 4.74. The van der Waals surface area contributed by atoms with E-state index in [1.807, 2.05) is 65.2 Å².